The van der Waals surface area contributed by atoms with Crippen molar-refractivity contribution < 1.29 is 14.3 Å². The number of para-hydroxylation sites is 1. The molecule has 1 unspecified atom stereocenters. The number of hydrogen-bond acceptors (Lipinski definition) is 4. The molecule has 178 valence electrons. The zero-order valence-corrected chi connectivity index (χ0v) is 19.1. The highest BCUT2D eigenvalue weighted by Gasteiger charge is 2.18. The van der Waals surface area contributed by atoms with Gasteiger partial charge >= 0.3 is 6.03 Å². The summed E-state index contributed by atoms with van der Waals surface area (Å²) in [5.41, 5.74) is 8.17. The van der Waals surface area contributed by atoms with Crippen LogP contribution >= 0.6 is 0 Å². The van der Waals surface area contributed by atoms with Gasteiger partial charge in [0.25, 0.3) is 0 Å². The molecule has 3 aromatic carbocycles. The fourth-order valence-corrected chi connectivity index (χ4v) is 3.68. The van der Waals surface area contributed by atoms with Crippen LogP contribution in [0.1, 0.15) is 23.6 Å². The molecule has 4 aromatic rings. The number of rotatable bonds is 10. The predicted molar refractivity (Wildman–Crippen MR) is 133 cm³/mol. The molecule has 0 bridgehead atoms. The van der Waals surface area contributed by atoms with Crippen LogP contribution in [-0.4, -0.2) is 28.3 Å². The molecule has 0 saturated carbocycles. The number of amides is 3. The maximum absolute atomic E-state index is 12.6. The van der Waals surface area contributed by atoms with Gasteiger partial charge in [-0.2, -0.15) is 5.10 Å². The Kier molecular flexibility index (Phi) is 7.75. The van der Waals surface area contributed by atoms with Crippen LogP contribution < -0.4 is 21.1 Å². The summed E-state index contributed by atoms with van der Waals surface area (Å²) in [6.45, 7) is 0.473. The number of carbonyl (C=O) groups excluding carboxylic acids is 2. The number of urea groups is 1. The molecule has 3 amide bonds. The average Bonchev–Trinajstić information content (AvgIpc) is 3.40. The van der Waals surface area contributed by atoms with Crippen LogP contribution in [0.4, 0.5) is 4.79 Å². The molecule has 4 rings (SSSR count). The van der Waals surface area contributed by atoms with Crippen molar-refractivity contribution >= 4 is 11.9 Å². The van der Waals surface area contributed by atoms with Gasteiger partial charge < -0.3 is 21.1 Å². The van der Waals surface area contributed by atoms with E-state index in [0.717, 1.165) is 16.8 Å². The van der Waals surface area contributed by atoms with Crippen molar-refractivity contribution in [3.8, 4) is 17.2 Å². The molecule has 0 aliphatic carbocycles. The summed E-state index contributed by atoms with van der Waals surface area (Å²) in [4.78, 5) is 24.2. The monoisotopic (exact) mass is 469 g/mol. The summed E-state index contributed by atoms with van der Waals surface area (Å²) < 4.78 is 7.66. The fourth-order valence-electron chi connectivity index (χ4n) is 3.68. The van der Waals surface area contributed by atoms with Gasteiger partial charge in [0.05, 0.1) is 18.2 Å². The van der Waals surface area contributed by atoms with E-state index in [1.165, 1.54) is 0 Å². The van der Waals surface area contributed by atoms with Gasteiger partial charge in [0.2, 0.25) is 5.91 Å². The topological polar surface area (TPSA) is 111 Å². The summed E-state index contributed by atoms with van der Waals surface area (Å²) in [6, 6.07) is 25.2. The molecule has 0 fully saturated rings. The summed E-state index contributed by atoms with van der Waals surface area (Å²) in [7, 11) is 0. The largest absolute Gasteiger partial charge is 0.457 e. The number of hydrogen-bond donors (Lipinski definition) is 3. The van der Waals surface area contributed by atoms with E-state index >= 15 is 0 Å². The molecule has 0 aliphatic rings. The van der Waals surface area contributed by atoms with E-state index in [4.69, 9.17) is 10.5 Å². The van der Waals surface area contributed by atoms with Gasteiger partial charge in [-0.05, 0) is 60.0 Å². The molecular weight excluding hydrogens is 442 g/mol. The van der Waals surface area contributed by atoms with Crippen molar-refractivity contribution in [2.24, 2.45) is 5.73 Å². The Hall–Kier alpha value is -4.59. The first-order valence-corrected chi connectivity index (χ1v) is 11.3. The average molecular weight is 470 g/mol. The van der Waals surface area contributed by atoms with E-state index < -0.39 is 12.1 Å². The third kappa shape index (κ3) is 6.94. The number of nitrogens with two attached hydrogens (primary N) is 1. The molecular formula is C27H27N5O3. The van der Waals surface area contributed by atoms with Crippen molar-refractivity contribution in [2.45, 2.75) is 18.9 Å². The number of ether oxygens (including phenoxy) is 1. The van der Waals surface area contributed by atoms with Crippen LogP contribution in [0.25, 0.3) is 5.69 Å². The second-order valence-electron chi connectivity index (χ2n) is 7.97. The number of carbonyl (C=O) groups is 2. The summed E-state index contributed by atoms with van der Waals surface area (Å²) in [5, 5.41) is 9.80. The lowest BCUT2D eigenvalue weighted by atomic mass is 10.0. The molecule has 1 heterocycles. The van der Waals surface area contributed by atoms with Gasteiger partial charge in [0, 0.05) is 18.9 Å². The molecule has 0 aliphatic heterocycles. The van der Waals surface area contributed by atoms with Crippen molar-refractivity contribution in [3.63, 3.8) is 0 Å². The molecule has 1 atom stereocenters. The third-order valence-corrected chi connectivity index (χ3v) is 5.39. The molecule has 8 nitrogen and oxygen atoms in total. The van der Waals surface area contributed by atoms with Gasteiger partial charge in [0.15, 0.2) is 0 Å². The van der Waals surface area contributed by atoms with E-state index in [1.54, 1.807) is 16.9 Å². The van der Waals surface area contributed by atoms with Crippen molar-refractivity contribution in [1.29, 1.82) is 0 Å². The lowest BCUT2D eigenvalue weighted by Gasteiger charge is -2.19. The second kappa shape index (κ2) is 11.5. The summed E-state index contributed by atoms with van der Waals surface area (Å²) in [5.74, 6) is 1.11. The number of nitrogens with one attached hydrogen (secondary N) is 2. The Morgan fingerprint density at radius 1 is 0.943 bits per heavy atom. The molecule has 0 spiro atoms. The first-order chi connectivity index (χ1) is 17.1. The standard InChI is InChI=1S/C27H27N5O3/c28-27(34)31-25(21-6-4-9-24(18-21)35-23-7-2-1-3-8-23)19-26(33)29-16-14-20-10-12-22(13-11-20)32-17-5-15-30-32/h1-13,15,17-18,25H,14,16,19H2,(H,29,33)(H3,28,31,34). The van der Waals surface area contributed by atoms with Crippen molar-refractivity contribution in [2.75, 3.05) is 6.54 Å². The molecule has 35 heavy (non-hydrogen) atoms. The zero-order valence-electron chi connectivity index (χ0n) is 19.1. The van der Waals surface area contributed by atoms with Crippen LogP contribution in [0.3, 0.4) is 0 Å². The van der Waals surface area contributed by atoms with E-state index in [2.05, 4.69) is 15.7 Å². The first-order valence-electron chi connectivity index (χ1n) is 11.3. The van der Waals surface area contributed by atoms with Crippen molar-refractivity contribution in [3.05, 3.63) is 108 Å². The van der Waals surface area contributed by atoms with E-state index in [-0.39, 0.29) is 12.3 Å². The Balaban J connectivity index is 1.33. The smallest absolute Gasteiger partial charge is 0.312 e. The fraction of sp³-hybridized carbons (Fsp3) is 0.148. The highest BCUT2D eigenvalue weighted by Crippen LogP contribution is 2.26. The van der Waals surface area contributed by atoms with Gasteiger partial charge in [-0.25, -0.2) is 9.48 Å². The minimum absolute atomic E-state index is 0.0516. The van der Waals surface area contributed by atoms with E-state index in [0.29, 0.717) is 24.5 Å². The maximum Gasteiger partial charge on any atom is 0.312 e. The summed E-state index contributed by atoms with van der Waals surface area (Å²) >= 11 is 0. The summed E-state index contributed by atoms with van der Waals surface area (Å²) in [6.07, 6.45) is 4.35. The lowest BCUT2D eigenvalue weighted by molar-refractivity contribution is -0.121. The van der Waals surface area contributed by atoms with Crippen molar-refractivity contribution in [1.82, 2.24) is 20.4 Å². The number of aromatic nitrogens is 2. The zero-order chi connectivity index (χ0) is 24.5. The highest BCUT2D eigenvalue weighted by molar-refractivity contribution is 5.78. The SMILES string of the molecule is NC(=O)NC(CC(=O)NCCc1ccc(-n2cccn2)cc1)c1cccc(Oc2ccccc2)c1. The normalized spacial score (nSPS) is 11.4. The highest BCUT2D eigenvalue weighted by atomic mass is 16.5. The third-order valence-electron chi connectivity index (χ3n) is 5.39. The Labute approximate surface area is 203 Å². The Morgan fingerprint density at radius 2 is 1.71 bits per heavy atom. The van der Waals surface area contributed by atoms with Crippen LogP contribution in [-0.2, 0) is 11.2 Å². The predicted octanol–water partition coefficient (Wildman–Crippen LogP) is 4.12. The molecule has 1 aromatic heterocycles. The molecule has 0 radical (unpaired) electrons. The van der Waals surface area contributed by atoms with Gasteiger partial charge in [-0.1, -0.05) is 42.5 Å². The van der Waals surface area contributed by atoms with E-state index in [9.17, 15) is 9.59 Å². The molecule has 8 heteroatoms. The number of nitrogens with zero attached hydrogens (tertiary/aromatic N) is 2. The molecule has 0 saturated heterocycles. The van der Waals surface area contributed by atoms with Gasteiger partial charge in [-0.3, -0.25) is 4.79 Å². The van der Waals surface area contributed by atoms with Crippen LogP contribution in [0.15, 0.2) is 97.3 Å². The van der Waals surface area contributed by atoms with Crippen LogP contribution in [0.5, 0.6) is 11.5 Å². The minimum atomic E-state index is -0.700. The maximum atomic E-state index is 12.6. The van der Waals surface area contributed by atoms with Gasteiger partial charge in [-0.15, -0.1) is 0 Å². The lowest BCUT2D eigenvalue weighted by Crippen LogP contribution is -2.37. The quantitative estimate of drug-likeness (QED) is 0.324. The second-order valence-corrected chi connectivity index (χ2v) is 7.97. The van der Waals surface area contributed by atoms with Gasteiger partial charge in [0.1, 0.15) is 11.5 Å². The van der Waals surface area contributed by atoms with E-state index in [1.807, 2.05) is 85.1 Å². The van der Waals surface area contributed by atoms with Crippen LogP contribution in [0, 0.1) is 0 Å². The number of primary amides is 1. The minimum Gasteiger partial charge on any atom is -0.457 e. The number of benzene rings is 3. The van der Waals surface area contributed by atoms with Crippen LogP contribution in [0.2, 0.25) is 0 Å². The molecule has 4 N–H and O–H groups in total. The Morgan fingerprint density at radius 3 is 2.43 bits per heavy atom. The first kappa shape index (κ1) is 23.6. The Bertz CT molecular complexity index is 1240.